The van der Waals surface area contributed by atoms with Crippen LogP contribution < -0.4 is 4.90 Å². The molecule has 0 unspecified atom stereocenters. The molecule has 0 fully saturated rings. The first-order valence-corrected chi connectivity index (χ1v) is 6.01. The van der Waals surface area contributed by atoms with E-state index in [-0.39, 0.29) is 5.69 Å². The van der Waals surface area contributed by atoms with Gasteiger partial charge < -0.3 is 4.90 Å². The molecule has 98 valence electrons. The van der Waals surface area contributed by atoms with E-state index in [2.05, 4.69) is 13.8 Å². The SMILES string of the molecule is CCC(CC)N(C)c1ccc([N+](=O)[O-])cc1C=O. The number of carbonyl (C=O) groups excluding carboxylic acids is 1. The highest BCUT2D eigenvalue weighted by Gasteiger charge is 2.17. The van der Waals surface area contributed by atoms with Gasteiger partial charge in [0.25, 0.3) is 5.69 Å². The fraction of sp³-hybridized carbons (Fsp3) is 0.462. The average molecular weight is 250 g/mol. The lowest BCUT2D eigenvalue weighted by Gasteiger charge is -2.29. The maximum atomic E-state index is 11.1. The van der Waals surface area contributed by atoms with Gasteiger partial charge in [-0.3, -0.25) is 14.9 Å². The van der Waals surface area contributed by atoms with Gasteiger partial charge in [0.15, 0.2) is 6.29 Å². The second-order valence-electron chi connectivity index (χ2n) is 4.20. The van der Waals surface area contributed by atoms with Crippen LogP contribution in [0.5, 0.6) is 0 Å². The van der Waals surface area contributed by atoms with Crippen LogP contribution in [0.1, 0.15) is 37.0 Å². The molecule has 0 aliphatic carbocycles. The third-order valence-corrected chi connectivity index (χ3v) is 3.22. The monoisotopic (exact) mass is 250 g/mol. The van der Waals surface area contributed by atoms with E-state index in [0.717, 1.165) is 18.5 Å². The van der Waals surface area contributed by atoms with E-state index < -0.39 is 4.92 Å². The molecule has 0 heterocycles. The third-order valence-electron chi connectivity index (χ3n) is 3.22. The van der Waals surface area contributed by atoms with Crippen LogP contribution in [-0.2, 0) is 0 Å². The summed E-state index contributed by atoms with van der Waals surface area (Å²) in [5.41, 5.74) is 1.04. The maximum Gasteiger partial charge on any atom is 0.270 e. The van der Waals surface area contributed by atoms with Crippen LogP contribution in [-0.4, -0.2) is 24.3 Å². The molecular weight excluding hydrogens is 232 g/mol. The van der Waals surface area contributed by atoms with Gasteiger partial charge in [0.2, 0.25) is 0 Å². The van der Waals surface area contributed by atoms with E-state index in [1.54, 1.807) is 6.07 Å². The highest BCUT2D eigenvalue weighted by atomic mass is 16.6. The molecule has 0 saturated heterocycles. The van der Waals surface area contributed by atoms with Crippen molar-refractivity contribution in [2.75, 3.05) is 11.9 Å². The number of non-ortho nitro benzene ring substituents is 1. The lowest BCUT2D eigenvalue weighted by atomic mass is 10.1. The van der Waals surface area contributed by atoms with E-state index in [9.17, 15) is 14.9 Å². The summed E-state index contributed by atoms with van der Waals surface area (Å²) in [6, 6.07) is 4.72. The molecule has 0 N–H and O–H groups in total. The number of aldehydes is 1. The Morgan fingerprint density at radius 1 is 1.39 bits per heavy atom. The first-order valence-electron chi connectivity index (χ1n) is 6.01. The van der Waals surface area contributed by atoms with Gasteiger partial charge in [0, 0.05) is 36.5 Å². The number of nitro groups is 1. The second-order valence-corrected chi connectivity index (χ2v) is 4.20. The Kier molecular flexibility index (Phi) is 4.83. The van der Waals surface area contributed by atoms with E-state index in [1.807, 2.05) is 11.9 Å². The van der Waals surface area contributed by atoms with Crippen molar-refractivity contribution in [2.45, 2.75) is 32.7 Å². The average Bonchev–Trinajstić information content (AvgIpc) is 2.39. The zero-order valence-corrected chi connectivity index (χ0v) is 10.9. The van der Waals surface area contributed by atoms with Gasteiger partial charge in [-0.05, 0) is 18.9 Å². The molecule has 1 aromatic carbocycles. The normalized spacial score (nSPS) is 10.4. The zero-order valence-electron chi connectivity index (χ0n) is 10.9. The van der Waals surface area contributed by atoms with Crippen LogP contribution in [0.4, 0.5) is 11.4 Å². The van der Waals surface area contributed by atoms with Crippen LogP contribution in [0.2, 0.25) is 0 Å². The molecule has 1 rings (SSSR count). The number of hydrogen-bond donors (Lipinski definition) is 0. The van der Waals surface area contributed by atoms with Crippen molar-refractivity contribution in [1.82, 2.24) is 0 Å². The summed E-state index contributed by atoms with van der Waals surface area (Å²) in [4.78, 5) is 23.2. The van der Waals surface area contributed by atoms with E-state index in [0.29, 0.717) is 17.9 Å². The predicted octanol–water partition coefficient (Wildman–Crippen LogP) is 3.03. The molecule has 0 atom stereocenters. The fourth-order valence-corrected chi connectivity index (χ4v) is 2.10. The Balaban J connectivity index is 3.16. The molecule has 5 heteroatoms. The summed E-state index contributed by atoms with van der Waals surface area (Å²) in [7, 11) is 1.91. The molecule has 0 aliphatic rings. The lowest BCUT2D eigenvalue weighted by Crippen LogP contribution is -2.31. The number of nitrogens with zero attached hydrogens (tertiary/aromatic N) is 2. The fourth-order valence-electron chi connectivity index (χ4n) is 2.10. The standard InChI is InChI=1S/C13H18N2O3/c1-4-11(5-2)14(3)13-7-6-12(15(17)18)8-10(13)9-16/h6-9,11H,4-5H2,1-3H3. The third kappa shape index (κ3) is 2.85. The quantitative estimate of drug-likeness (QED) is 0.442. The number of benzene rings is 1. The van der Waals surface area contributed by atoms with Gasteiger partial charge in [-0.2, -0.15) is 0 Å². The van der Waals surface area contributed by atoms with Gasteiger partial charge in [0.05, 0.1) is 4.92 Å². The van der Waals surface area contributed by atoms with Crippen molar-refractivity contribution in [3.63, 3.8) is 0 Å². The number of rotatable bonds is 6. The number of nitro benzene ring substituents is 1. The molecule has 0 saturated carbocycles. The van der Waals surface area contributed by atoms with Crippen molar-refractivity contribution in [3.8, 4) is 0 Å². The van der Waals surface area contributed by atoms with Crippen molar-refractivity contribution in [1.29, 1.82) is 0 Å². The molecule has 1 aromatic rings. The van der Waals surface area contributed by atoms with Crippen LogP contribution >= 0.6 is 0 Å². The summed E-state index contributed by atoms with van der Waals surface area (Å²) in [6.45, 7) is 4.16. The van der Waals surface area contributed by atoms with Gasteiger partial charge in [-0.25, -0.2) is 0 Å². The molecule has 0 aliphatic heterocycles. The Morgan fingerprint density at radius 2 is 2.00 bits per heavy atom. The van der Waals surface area contributed by atoms with E-state index in [4.69, 9.17) is 0 Å². The maximum absolute atomic E-state index is 11.1. The number of hydrogen-bond acceptors (Lipinski definition) is 4. The van der Waals surface area contributed by atoms with Crippen molar-refractivity contribution < 1.29 is 9.72 Å². The number of carbonyl (C=O) groups is 1. The van der Waals surface area contributed by atoms with Gasteiger partial charge in [-0.15, -0.1) is 0 Å². The smallest absolute Gasteiger partial charge is 0.270 e. The largest absolute Gasteiger partial charge is 0.371 e. The van der Waals surface area contributed by atoms with E-state index in [1.165, 1.54) is 12.1 Å². The summed E-state index contributed by atoms with van der Waals surface area (Å²) < 4.78 is 0. The number of anilines is 1. The highest BCUT2D eigenvalue weighted by molar-refractivity contribution is 5.86. The molecule has 0 aromatic heterocycles. The van der Waals surface area contributed by atoms with Crippen LogP contribution in [0, 0.1) is 10.1 Å². The Morgan fingerprint density at radius 3 is 2.44 bits per heavy atom. The Labute approximate surface area is 107 Å². The van der Waals surface area contributed by atoms with Crippen LogP contribution in [0.15, 0.2) is 18.2 Å². The Bertz CT molecular complexity index is 442. The first kappa shape index (κ1) is 14.2. The minimum Gasteiger partial charge on any atom is -0.371 e. The minimum absolute atomic E-state index is 0.0567. The van der Waals surface area contributed by atoms with Gasteiger partial charge in [-0.1, -0.05) is 13.8 Å². The van der Waals surface area contributed by atoms with E-state index >= 15 is 0 Å². The molecule has 5 nitrogen and oxygen atoms in total. The topological polar surface area (TPSA) is 63.4 Å². The molecule has 0 radical (unpaired) electrons. The molecule has 0 amide bonds. The van der Waals surface area contributed by atoms with Crippen molar-refractivity contribution >= 4 is 17.7 Å². The van der Waals surface area contributed by atoms with Crippen molar-refractivity contribution in [2.24, 2.45) is 0 Å². The van der Waals surface area contributed by atoms with Crippen molar-refractivity contribution in [3.05, 3.63) is 33.9 Å². The molecule has 0 bridgehead atoms. The zero-order chi connectivity index (χ0) is 13.7. The lowest BCUT2D eigenvalue weighted by molar-refractivity contribution is -0.384. The summed E-state index contributed by atoms with van der Waals surface area (Å²) in [6.07, 6.45) is 2.59. The molecule has 18 heavy (non-hydrogen) atoms. The summed E-state index contributed by atoms with van der Waals surface area (Å²) in [5, 5.41) is 10.7. The minimum atomic E-state index is -0.492. The van der Waals surface area contributed by atoms with Crippen LogP contribution in [0.25, 0.3) is 0 Å². The molecule has 0 spiro atoms. The molecular formula is C13H18N2O3. The summed E-state index contributed by atoms with van der Waals surface area (Å²) >= 11 is 0. The highest BCUT2D eigenvalue weighted by Crippen LogP contribution is 2.26. The van der Waals surface area contributed by atoms with Gasteiger partial charge >= 0.3 is 0 Å². The summed E-state index contributed by atoms with van der Waals surface area (Å²) in [5.74, 6) is 0. The van der Waals surface area contributed by atoms with Crippen LogP contribution in [0.3, 0.4) is 0 Å². The Hall–Kier alpha value is -1.91. The second kappa shape index (κ2) is 6.14. The van der Waals surface area contributed by atoms with Gasteiger partial charge in [0.1, 0.15) is 0 Å². The predicted molar refractivity (Wildman–Crippen MR) is 71.3 cm³/mol. The first-order chi connectivity index (χ1) is 8.54.